The summed E-state index contributed by atoms with van der Waals surface area (Å²) in [6.07, 6.45) is 15.2. The van der Waals surface area contributed by atoms with Crippen molar-refractivity contribution in [2.24, 2.45) is 0 Å². The molecule has 1 aliphatic carbocycles. The van der Waals surface area contributed by atoms with Gasteiger partial charge in [0.2, 0.25) is 0 Å². The SMILES string of the molecule is CCCCC[SiH](C1=[C-]CC=C1CCCC)c1c(C)cc(C)cc1C.[Cl-].[Cl-].[Cl-].[Ti+4]. The fourth-order valence-electron chi connectivity index (χ4n) is 4.23. The maximum Gasteiger partial charge on any atom is 4.00 e. The van der Waals surface area contributed by atoms with Gasteiger partial charge in [-0.15, -0.1) is 6.42 Å². The predicted molar refractivity (Wildman–Crippen MR) is 111 cm³/mol. The third-order valence-electron chi connectivity index (χ3n) is 5.32. The Hall–Kier alpha value is 0.501. The molecule has 0 aromatic heterocycles. The minimum atomic E-state index is -1.14. The van der Waals surface area contributed by atoms with Crippen molar-refractivity contribution < 1.29 is 58.9 Å². The number of benzene rings is 1. The van der Waals surface area contributed by atoms with E-state index >= 15 is 0 Å². The van der Waals surface area contributed by atoms with Gasteiger partial charge in [0, 0.05) is 0 Å². The Kier molecular flexibility index (Phi) is 20.4. The minimum Gasteiger partial charge on any atom is -1.00 e. The van der Waals surface area contributed by atoms with Crippen LogP contribution in [0.25, 0.3) is 0 Å². The molecule has 0 radical (unpaired) electrons. The predicted octanol–water partition coefficient (Wildman–Crippen LogP) is -2.97. The van der Waals surface area contributed by atoms with Crippen molar-refractivity contribution in [2.75, 3.05) is 0 Å². The van der Waals surface area contributed by atoms with Gasteiger partial charge in [-0.3, -0.25) is 6.08 Å². The molecule has 0 amide bonds. The number of rotatable bonds is 9. The zero-order chi connectivity index (χ0) is 17.5. The molecule has 0 aliphatic heterocycles. The zero-order valence-electron chi connectivity index (χ0n) is 18.1. The Labute approximate surface area is 209 Å². The molecule has 0 bridgehead atoms. The van der Waals surface area contributed by atoms with Gasteiger partial charge in [0.25, 0.3) is 0 Å². The van der Waals surface area contributed by atoms with E-state index in [1.807, 2.05) is 0 Å². The van der Waals surface area contributed by atoms with Crippen LogP contribution in [0.2, 0.25) is 6.04 Å². The summed E-state index contributed by atoms with van der Waals surface area (Å²) in [7, 11) is -1.14. The van der Waals surface area contributed by atoms with Crippen LogP contribution in [0, 0.1) is 26.8 Å². The number of allylic oxidation sites excluding steroid dienone is 4. The molecule has 0 saturated carbocycles. The van der Waals surface area contributed by atoms with Crippen LogP contribution in [0.3, 0.4) is 0 Å². The summed E-state index contributed by atoms with van der Waals surface area (Å²) in [5, 5.41) is 3.37. The van der Waals surface area contributed by atoms with Crippen molar-refractivity contribution >= 4 is 14.0 Å². The molecule has 0 N–H and O–H groups in total. The molecule has 28 heavy (non-hydrogen) atoms. The van der Waals surface area contributed by atoms with Crippen LogP contribution in [-0.4, -0.2) is 8.80 Å². The molecule has 1 aliphatic rings. The molecule has 2 rings (SSSR count). The van der Waals surface area contributed by atoms with Crippen LogP contribution in [0.15, 0.2) is 29.0 Å². The number of halogens is 3. The second kappa shape index (κ2) is 17.2. The van der Waals surface area contributed by atoms with Gasteiger partial charge in [0.05, 0.1) is 8.80 Å². The molecule has 0 spiro atoms. The third kappa shape index (κ3) is 9.11. The maximum atomic E-state index is 3.80. The Bertz CT molecular complexity index is 603. The molecule has 0 nitrogen and oxygen atoms in total. The van der Waals surface area contributed by atoms with Crippen molar-refractivity contribution in [3.05, 3.63) is 51.7 Å². The first-order chi connectivity index (χ1) is 11.6. The second-order valence-corrected chi connectivity index (χ2v) is 10.3. The van der Waals surface area contributed by atoms with E-state index < -0.39 is 8.80 Å². The number of hydrogen-bond acceptors (Lipinski definition) is 0. The van der Waals surface area contributed by atoms with E-state index in [0.29, 0.717) is 0 Å². The van der Waals surface area contributed by atoms with Crippen LogP contribution < -0.4 is 42.4 Å². The van der Waals surface area contributed by atoms with E-state index in [2.05, 4.69) is 58.9 Å². The van der Waals surface area contributed by atoms with E-state index in [4.69, 9.17) is 0 Å². The van der Waals surface area contributed by atoms with E-state index in [1.165, 1.54) is 61.3 Å². The topological polar surface area (TPSA) is 0 Å². The molecule has 1 unspecified atom stereocenters. The first-order valence-corrected chi connectivity index (χ1v) is 11.9. The zero-order valence-corrected chi connectivity index (χ0v) is 23.1. The Morgan fingerprint density at radius 3 is 2.00 bits per heavy atom. The summed E-state index contributed by atoms with van der Waals surface area (Å²) >= 11 is 0. The molecular formula is C23H35Cl3SiTi. The van der Waals surface area contributed by atoms with Crippen molar-refractivity contribution in [1.82, 2.24) is 0 Å². The fourth-order valence-corrected chi connectivity index (χ4v) is 8.13. The number of unbranched alkanes of at least 4 members (excludes halogenated alkanes) is 3. The maximum absolute atomic E-state index is 3.80. The van der Waals surface area contributed by atoms with Crippen LogP contribution in [-0.2, 0) is 21.7 Å². The largest absolute Gasteiger partial charge is 4.00 e. The van der Waals surface area contributed by atoms with Crippen LogP contribution in [0.4, 0.5) is 0 Å². The summed E-state index contributed by atoms with van der Waals surface area (Å²) in [5.41, 5.74) is 6.10. The van der Waals surface area contributed by atoms with E-state index in [0.717, 1.165) is 6.42 Å². The van der Waals surface area contributed by atoms with Gasteiger partial charge in [0.1, 0.15) is 0 Å². The molecular weight excluding hydrogens is 459 g/mol. The third-order valence-corrected chi connectivity index (χ3v) is 9.18. The fraction of sp³-hybridized carbons (Fsp3) is 0.565. The van der Waals surface area contributed by atoms with Crippen LogP contribution >= 0.6 is 0 Å². The van der Waals surface area contributed by atoms with Gasteiger partial charge in [-0.05, 0) is 20.8 Å². The molecule has 0 saturated heterocycles. The van der Waals surface area contributed by atoms with Crippen molar-refractivity contribution in [3.8, 4) is 0 Å². The first-order valence-electron chi connectivity index (χ1n) is 9.96. The van der Waals surface area contributed by atoms with E-state index in [9.17, 15) is 0 Å². The average molecular weight is 494 g/mol. The van der Waals surface area contributed by atoms with Crippen LogP contribution in [0.1, 0.15) is 75.5 Å². The average Bonchev–Trinajstić information content (AvgIpc) is 2.98. The minimum absolute atomic E-state index is 0. The molecule has 5 heteroatoms. The van der Waals surface area contributed by atoms with Gasteiger partial charge < -0.3 is 37.2 Å². The van der Waals surface area contributed by atoms with Crippen molar-refractivity contribution in [2.45, 2.75) is 85.6 Å². The Morgan fingerprint density at radius 1 is 0.893 bits per heavy atom. The Morgan fingerprint density at radius 2 is 1.46 bits per heavy atom. The molecule has 1 aromatic rings. The van der Waals surface area contributed by atoms with Gasteiger partial charge in [-0.1, -0.05) is 92.4 Å². The molecule has 156 valence electrons. The molecule has 1 aromatic carbocycles. The number of hydrogen-bond donors (Lipinski definition) is 0. The summed E-state index contributed by atoms with van der Waals surface area (Å²) in [5.74, 6) is 0. The molecule has 0 heterocycles. The number of aryl methyl sites for hydroxylation is 3. The summed E-state index contributed by atoms with van der Waals surface area (Å²) < 4.78 is 0. The summed E-state index contributed by atoms with van der Waals surface area (Å²) in [6, 6.07) is 6.20. The molecule has 0 fully saturated rings. The van der Waals surface area contributed by atoms with Crippen LogP contribution in [0.5, 0.6) is 0 Å². The summed E-state index contributed by atoms with van der Waals surface area (Å²) in [4.78, 5) is 0. The monoisotopic (exact) mass is 492 g/mol. The first kappa shape index (κ1) is 33.1. The van der Waals surface area contributed by atoms with Crippen molar-refractivity contribution in [3.63, 3.8) is 0 Å². The second-order valence-electron chi connectivity index (χ2n) is 7.49. The van der Waals surface area contributed by atoms with Crippen molar-refractivity contribution in [1.29, 1.82) is 0 Å². The van der Waals surface area contributed by atoms with E-state index in [1.54, 1.807) is 16.0 Å². The molecule has 1 atom stereocenters. The standard InChI is InChI=1S/C23H35Si.3ClH.Ti/c1-6-8-10-15-24(22-14-11-13-21(22)12-9-7-2)23-19(4)16-18(3)17-20(23)5;;;;/h13,16-17,24H,6-12,15H2,1-5H3;3*1H;/q-1;;;;+4/p-3. The smallest absolute Gasteiger partial charge is 1.00 e. The Balaban J connectivity index is -0.00000156. The quantitative estimate of drug-likeness (QED) is 0.196. The van der Waals surface area contributed by atoms with Gasteiger partial charge in [-0.2, -0.15) is 6.08 Å². The normalized spacial score (nSPS) is 13.2. The van der Waals surface area contributed by atoms with Gasteiger partial charge >= 0.3 is 21.7 Å². The van der Waals surface area contributed by atoms with Gasteiger partial charge in [-0.25, -0.2) is 10.8 Å². The van der Waals surface area contributed by atoms with Gasteiger partial charge in [0.15, 0.2) is 0 Å². The summed E-state index contributed by atoms with van der Waals surface area (Å²) in [6.45, 7) is 11.5. The van der Waals surface area contributed by atoms with E-state index in [-0.39, 0.29) is 58.9 Å².